The summed E-state index contributed by atoms with van der Waals surface area (Å²) >= 11 is 0. The monoisotopic (exact) mass is 248 g/mol. The van der Waals surface area contributed by atoms with Crippen LogP contribution in [0, 0.1) is 6.92 Å². The molecule has 1 aromatic rings. The zero-order valence-electron chi connectivity index (χ0n) is 10.7. The molecule has 0 saturated carbocycles. The fourth-order valence-corrected chi connectivity index (χ4v) is 2.31. The Kier molecular flexibility index (Phi) is 4.33. The predicted octanol–water partition coefficient (Wildman–Crippen LogP) is 0.680. The second-order valence-corrected chi connectivity index (χ2v) is 4.75. The smallest absolute Gasteiger partial charge is 0.228 e. The number of aryl methyl sites for hydroxylation is 1. The summed E-state index contributed by atoms with van der Waals surface area (Å²) < 4.78 is 0. The highest BCUT2D eigenvalue weighted by Crippen LogP contribution is 2.25. The lowest BCUT2D eigenvalue weighted by atomic mass is 9.89. The summed E-state index contributed by atoms with van der Waals surface area (Å²) in [6.45, 7) is 4.20. The van der Waals surface area contributed by atoms with Crippen LogP contribution in [-0.2, 0) is 11.3 Å². The lowest BCUT2D eigenvalue weighted by Gasteiger charge is -2.26. The van der Waals surface area contributed by atoms with Gasteiger partial charge in [-0.15, -0.1) is 0 Å². The van der Waals surface area contributed by atoms with E-state index < -0.39 is 0 Å². The first kappa shape index (κ1) is 13.1. The van der Waals surface area contributed by atoms with Crippen molar-refractivity contribution in [2.24, 2.45) is 0 Å². The van der Waals surface area contributed by atoms with E-state index in [0.29, 0.717) is 19.5 Å². The van der Waals surface area contributed by atoms with Crippen molar-refractivity contribution in [3.05, 3.63) is 34.9 Å². The Balaban J connectivity index is 2.11. The maximum Gasteiger partial charge on any atom is 0.228 e. The number of fused-ring (bicyclic) bond motifs is 1. The zero-order chi connectivity index (χ0) is 13.0. The molecular formula is C14H20N2O2. The molecule has 0 aromatic heterocycles. The molecule has 0 fully saturated rings. The first-order valence-corrected chi connectivity index (χ1v) is 6.41. The molecule has 0 aliphatic carbocycles. The van der Waals surface area contributed by atoms with Gasteiger partial charge in [0.1, 0.15) is 0 Å². The lowest BCUT2D eigenvalue weighted by Crippen LogP contribution is -2.39. The Morgan fingerprint density at radius 3 is 3.17 bits per heavy atom. The second-order valence-electron chi connectivity index (χ2n) is 4.75. The third-order valence-corrected chi connectivity index (χ3v) is 3.29. The molecule has 0 saturated heterocycles. The summed E-state index contributed by atoms with van der Waals surface area (Å²) in [4.78, 5) is 12.1. The van der Waals surface area contributed by atoms with E-state index >= 15 is 0 Å². The number of carbonyl (C=O) groups excluding carboxylic acids is 1. The summed E-state index contributed by atoms with van der Waals surface area (Å²) in [5, 5.41) is 14.9. The zero-order valence-corrected chi connectivity index (χ0v) is 10.7. The van der Waals surface area contributed by atoms with E-state index in [2.05, 4.69) is 28.8 Å². The van der Waals surface area contributed by atoms with Crippen LogP contribution < -0.4 is 10.6 Å². The molecule has 1 atom stereocenters. The molecule has 1 aromatic carbocycles. The highest BCUT2D eigenvalue weighted by atomic mass is 16.3. The topological polar surface area (TPSA) is 61.4 Å². The van der Waals surface area contributed by atoms with E-state index in [1.807, 2.05) is 6.92 Å². The summed E-state index contributed by atoms with van der Waals surface area (Å²) in [5.74, 6) is -0.0742. The molecule has 0 radical (unpaired) electrons. The summed E-state index contributed by atoms with van der Waals surface area (Å²) in [6.07, 6.45) is 0.604. The van der Waals surface area contributed by atoms with E-state index in [1.54, 1.807) is 0 Å². The Morgan fingerprint density at radius 1 is 1.56 bits per heavy atom. The van der Waals surface area contributed by atoms with E-state index in [0.717, 1.165) is 12.1 Å². The van der Waals surface area contributed by atoms with Gasteiger partial charge in [0, 0.05) is 26.2 Å². The second kappa shape index (κ2) is 5.98. The third kappa shape index (κ3) is 2.89. The molecule has 2 rings (SSSR count). The SMILES string of the molecule is Cc1ccc2c(c1)C(C(=O)NCCCO)CNC2. The van der Waals surface area contributed by atoms with Crippen LogP contribution in [0.5, 0.6) is 0 Å². The Hall–Kier alpha value is -1.39. The number of hydrogen-bond donors (Lipinski definition) is 3. The van der Waals surface area contributed by atoms with Gasteiger partial charge in [0.05, 0.1) is 5.92 Å². The van der Waals surface area contributed by atoms with Gasteiger partial charge < -0.3 is 15.7 Å². The molecular weight excluding hydrogens is 228 g/mol. The lowest BCUT2D eigenvalue weighted by molar-refractivity contribution is -0.122. The highest BCUT2D eigenvalue weighted by molar-refractivity contribution is 5.84. The quantitative estimate of drug-likeness (QED) is 0.687. The molecule has 0 bridgehead atoms. The van der Waals surface area contributed by atoms with Crippen LogP contribution in [0.1, 0.15) is 29.0 Å². The molecule has 1 aliphatic heterocycles. The minimum Gasteiger partial charge on any atom is -0.396 e. The van der Waals surface area contributed by atoms with Crippen molar-refractivity contribution in [2.75, 3.05) is 19.7 Å². The molecule has 98 valence electrons. The van der Waals surface area contributed by atoms with E-state index in [-0.39, 0.29) is 18.4 Å². The van der Waals surface area contributed by atoms with Crippen molar-refractivity contribution in [1.82, 2.24) is 10.6 Å². The number of hydrogen-bond acceptors (Lipinski definition) is 3. The molecule has 3 N–H and O–H groups in total. The van der Waals surface area contributed by atoms with E-state index in [1.165, 1.54) is 11.1 Å². The maximum atomic E-state index is 12.1. The third-order valence-electron chi connectivity index (χ3n) is 3.29. The van der Waals surface area contributed by atoms with Crippen molar-refractivity contribution in [1.29, 1.82) is 0 Å². The molecule has 1 unspecified atom stereocenters. The fourth-order valence-electron chi connectivity index (χ4n) is 2.31. The number of carbonyl (C=O) groups is 1. The highest BCUT2D eigenvalue weighted by Gasteiger charge is 2.25. The van der Waals surface area contributed by atoms with Crippen molar-refractivity contribution in [2.45, 2.75) is 25.8 Å². The minimum atomic E-state index is -0.118. The summed E-state index contributed by atoms with van der Waals surface area (Å²) in [5.41, 5.74) is 3.52. The Labute approximate surface area is 107 Å². The summed E-state index contributed by atoms with van der Waals surface area (Å²) in [6, 6.07) is 6.27. The Bertz CT molecular complexity index is 432. The van der Waals surface area contributed by atoms with Gasteiger partial charge in [-0.2, -0.15) is 0 Å². The number of nitrogens with one attached hydrogen (secondary N) is 2. The standard InChI is InChI=1S/C14H20N2O2/c1-10-3-4-11-8-15-9-13(12(11)7-10)14(18)16-5-2-6-17/h3-4,7,13,15,17H,2,5-6,8-9H2,1H3,(H,16,18). The largest absolute Gasteiger partial charge is 0.396 e. The van der Waals surface area contributed by atoms with Crippen LogP contribution >= 0.6 is 0 Å². The van der Waals surface area contributed by atoms with Gasteiger partial charge in [0.15, 0.2) is 0 Å². The molecule has 18 heavy (non-hydrogen) atoms. The van der Waals surface area contributed by atoms with Crippen LogP contribution in [0.3, 0.4) is 0 Å². The van der Waals surface area contributed by atoms with Crippen molar-refractivity contribution >= 4 is 5.91 Å². The Morgan fingerprint density at radius 2 is 2.39 bits per heavy atom. The molecule has 1 heterocycles. The fraction of sp³-hybridized carbons (Fsp3) is 0.500. The van der Waals surface area contributed by atoms with Gasteiger partial charge in [-0.05, 0) is 24.5 Å². The normalized spacial score (nSPS) is 18.2. The van der Waals surface area contributed by atoms with Gasteiger partial charge >= 0.3 is 0 Å². The van der Waals surface area contributed by atoms with E-state index in [9.17, 15) is 4.79 Å². The number of rotatable bonds is 4. The van der Waals surface area contributed by atoms with Crippen LogP contribution in [0.4, 0.5) is 0 Å². The molecule has 4 nitrogen and oxygen atoms in total. The first-order valence-electron chi connectivity index (χ1n) is 6.41. The average Bonchev–Trinajstić information content (AvgIpc) is 2.38. The van der Waals surface area contributed by atoms with Gasteiger partial charge in [-0.25, -0.2) is 0 Å². The number of amides is 1. The van der Waals surface area contributed by atoms with Crippen LogP contribution in [0.2, 0.25) is 0 Å². The predicted molar refractivity (Wildman–Crippen MR) is 70.3 cm³/mol. The molecule has 1 aliphatic rings. The van der Waals surface area contributed by atoms with Crippen LogP contribution in [0.25, 0.3) is 0 Å². The molecule has 1 amide bonds. The number of aliphatic hydroxyl groups excluding tert-OH is 1. The van der Waals surface area contributed by atoms with Gasteiger partial charge in [-0.3, -0.25) is 4.79 Å². The van der Waals surface area contributed by atoms with Crippen molar-refractivity contribution < 1.29 is 9.90 Å². The van der Waals surface area contributed by atoms with E-state index in [4.69, 9.17) is 5.11 Å². The van der Waals surface area contributed by atoms with Gasteiger partial charge in [-0.1, -0.05) is 23.8 Å². The first-order chi connectivity index (χ1) is 8.72. The molecule has 0 spiro atoms. The maximum absolute atomic E-state index is 12.1. The van der Waals surface area contributed by atoms with Gasteiger partial charge in [0.25, 0.3) is 0 Å². The van der Waals surface area contributed by atoms with Crippen molar-refractivity contribution in [3.63, 3.8) is 0 Å². The van der Waals surface area contributed by atoms with Crippen molar-refractivity contribution in [3.8, 4) is 0 Å². The molecule has 4 heteroatoms. The van der Waals surface area contributed by atoms with Crippen LogP contribution in [0.15, 0.2) is 18.2 Å². The number of aliphatic hydroxyl groups is 1. The average molecular weight is 248 g/mol. The minimum absolute atomic E-state index is 0.0440. The number of benzene rings is 1. The van der Waals surface area contributed by atoms with Crippen LogP contribution in [-0.4, -0.2) is 30.7 Å². The summed E-state index contributed by atoms with van der Waals surface area (Å²) in [7, 11) is 0. The van der Waals surface area contributed by atoms with Gasteiger partial charge in [0.2, 0.25) is 5.91 Å².